The zero-order valence-corrected chi connectivity index (χ0v) is 20.6. The van der Waals surface area contributed by atoms with Gasteiger partial charge in [0.2, 0.25) is 0 Å². The highest BCUT2D eigenvalue weighted by Gasteiger charge is 2.41. The quantitative estimate of drug-likeness (QED) is 0.300. The summed E-state index contributed by atoms with van der Waals surface area (Å²) in [6.07, 6.45) is -0.482. The zero-order valence-electron chi connectivity index (χ0n) is 20.6. The largest absolute Gasteiger partial charge is 0.451 e. The Balaban J connectivity index is 1.42. The molecule has 1 aromatic carbocycles. The molecule has 4 heterocycles. The average Bonchev–Trinajstić information content (AvgIpc) is 3.38. The second-order valence-electron chi connectivity index (χ2n) is 8.82. The van der Waals surface area contributed by atoms with Gasteiger partial charge in [0, 0.05) is 49.0 Å². The van der Waals surface area contributed by atoms with Crippen molar-refractivity contribution in [2.24, 2.45) is 0 Å². The van der Waals surface area contributed by atoms with E-state index in [4.69, 9.17) is 15.2 Å². The summed E-state index contributed by atoms with van der Waals surface area (Å²) in [5.41, 5.74) is 3.82. The maximum Gasteiger partial charge on any atom is 0.434 e. The number of halogens is 5. The van der Waals surface area contributed by atoms with Crippen molar-refractivity contribution >= 4 is 17.4 Å². The molecule has 5 rings (SSSR count). The first kappa shape index (κ1) is 27.0. The van der Waals surface area contributed by atoms with Crippen molar-refractivity contribution in [3.05, 3.63) is 83.4 Å². The van der Waals surface area contributed by atoms with Crippen LogP contribution in [0, 0.1) is 11.6 Å². The highest BCUT2D eigenvalue weighted by atomic mass is 19.4. The number of nitrogens with one attached hydrogen (secondary N) is 1. The Morgan fingerprint density at radius 2 is 1.80 bits per heavy atom. The number of hydrogen-bond donors (Lipinski definition) is 2. The predicted octanol–water partition coefficient (Wildman–Crippen LogP) is 5.48. The number of benzene rings is 1. The number of anilines is 2. The van der Waals surface area contributed by atoms with Gasteiger partial charge < -0.3 is 20.5 Å². The van der Waals surface area contributed by atoms with Crippen molar-refractivity contribution in [3.63, 3.8) is 0 Å². The minimum atomic E-state index is -5.00. The van der Waals surface area contributed by atoms with E-state index in [1.165, 1.54) is 36.7 Å². The lowest BCUT2D eigenvalue weighted by atomic mass is 9.91. The summed E-state index contributed by atoms with van der Waals surface area (Å²) in [6, 6.07) is 7.10. The van der Waals surface area contributed by atoms with Crippen molar-refractivity contribution in [3.8, 4) is 17.3 Å². The van der Waals surface area contributed by atoms with Crippen LogP contribution in [0.25, 0.3) is 5.82 Å². The van der Waals surface area contributed by atoms with Gasteiger partial charge in [-0.1, -0.05) is 6.07 Å². The predicted molar refractivity (Wildman–Crippen MR) is 132 cm³/mol. The molecule has 4 aromatic rings. The molecule has 1 aliphatic heterocycles. The van der Waals surface area contributed by atoms with E-state index in [9.17, 15) is 18.0 Å². The summed E-state index contributed by atoms with van der Waals surface area (Å²) in [7, 11) is 0. The van der Waals surface area contributed by atoms with Gasteiger partial charge in [0.1, 0.15) is 11.6 Å². The first-order valence-electron chi connectivity index (χ1n) is 12.0. The second kappa shape index (κ2) is 10.9. The number of hydrogen-bond acceptors (Lipinski definition) is 7. The van der Waals surface area contributed by atoms with E-state index in [1.54, 1.807) is 0 Å². The maximum atomic E-state index is 15.0. The SMILES string of the molecule is Nc1nccc(Oc2c(F)cc(NC(=O)c3cnn(-c4ccccn4)c3C(F)(F)F)cc2F)c1C1CCOCC1. The molecule has 14 heteroatoms. The number of pyridine rings is 2. The highest BCUT2D eigenvalue weighted by Crippen LogP contribution is 2.40. The maximum absolute atomic E-state index is 15.0. The molecule has 0 atom stereocenters. The van der Waals surface area contributed by atoms with E-state index in [0.717, 1.165) is 12.1 Å². The summed E-state index contributed by atoms with van der Waals surface area (Å²) in [4.78, 5) is 20.7. The molecule has 1 fully saturated rings. The van der Waals surface area contributed by atoms with Crippen molar-refractivity contribution in [1.82, 2.24) is 19.7 Å². The molecule has 0 aliphatic carbocycles. The number of carbonyl (C=O) groups excluding carboxylic acids is 1. The Kier molecular flexibility index (Phi) is 7.34. The molecule has 0 saturated carbocycles. The summed E-state index contributed by atoms with van der Waals surface area (Å²) >= 11 is 0. The molecular formula is C26H21F5N6O3. The number of aromatic nitrogens is 4. The van der Waals surface area contributed by atoms with Gasteiger partial charge in [-0.05, 0) is 37.0 Å². The van der Waals surface area contributed by atoms with Gasteiger partial charge in [0.25, 0.3) is 5.91 Å². The van der Waals surface area contributed by atoms with E-state index in [2.05, 4.69) is 20.4 Å². The number of amides is 1. The lowest BCUT2D eigenvalue weighted by molar-refractivity contribution is -0.143. The van der Waals surface area contributed by atoms with Gasteiger partial charge in [-0.25, -0.2) is 23.4 Å². The van der Waals surface area contributed by atoms with Crippen molar-refractivity contribution in [2.45, 2.75) is 24.9 Å². The van der Waals surface area contributed by atoms with E-state index in [1.807, 2.05) is 0 Å². The van der Waals surface area contributed by atoms with Gasteiger partial charge in [-0.2, -0.15) is 18.3 Å². The number of rotatable bonds is 6. The lowest BCUT2D eigenvalue weighted by Gasteiger charge is -2.25. The Labute approximate surface area is 223 Å². The Morgan fingerprint density at radius 1 is 1.07 bits per heavy atom. The molecule has 1 saturated heterocycles. The number of nitrogens with zero attached hydrogens (tertiary/aromatic N) is 4. The van der Waals surface area contributed by atoms with Crippen LogP contribution in [0.3, 0.4) is 0 Å². The smallest absolute Gasteiger partial charge is 0.434 e. The van der Waals surface area contributed by atoms with Crippen LogP contribution >= 0.6 is 0 Å². The van der Waals surface area contributed by atoms with Gasteiger partial charge >= 0.3 is 6.18 Å². The molecule has 9 nitrogen and oxygen atoms in total. The Morgan fingerprint density at radius 3 is 2.45 bits per heavy atom. The van der Waals surface area contributed by atoms with Crippen LogP contribution in [0.15, 0.2) is 55.0 Å². The minimum absolute atomic E-state index is 0.100. The first-order chi connectivity index (χ1) is 19.1. The average molecular weight is 560 g/mol. The second-order valence-corrected chi connectivity index (χ2v) is 8.82. The number of nitrogen functional groups attached to an aromatic ring is 1. The van der Waals surface area contributed by atoms with Crippen LogP contribution in [0.1, 0.15) is 40.4 Å². The lowest BCUT2D eigenvalue weighted by Crippen LogP contribution is -2.21. The van der Waals surface area contributed by atoms with Gasteiger partial charge in [0.15, 0.2) is 28.9 Å². The van der Waals surface area contributed by atoms with Gasteiger partial charge in [-0.15, -0.1) is 0 Å². The number of ether oxygens (including phenoxy) is 2. The normalized spacial score (nSPS) is 14.2. The molecule has 208 valence electrons. The molecule has 40 heavy (non-hydrogen) atoms. The van der Waals surface area contributed by atoms with Crippen molar-refractivity contribution in [2.75, 3.05) is 24.3 Å². The first-order valence-corrected chi connectivity index (χ1v) is 12.0. The summed E-state index contributed by atoms with van der Waals surface area (Å²) in [5, 5.41) is 5.74. The summed E-state index contributed by atoms with van der Waals surface area (Å²) in [6.45, 7) is 0.957. The molecule has 3 aromatic heterocycles. The standard InChI is InChI=1S/C26H21F5N6O3/c27-17-11-15(36-25(38)16-13-35-37(23(16)26(29,30)31)20-3-1-2-7-33-20)12-18(28)22(17)40-19-4-8-34-24(32)21(19)14-5-9-39-10-6-14/h1-4,7-8,11-14H,5-6,9-10H2,(H2,32,34)(H,36,38). The molecule has 1 amide bonds. The topological polar surface area (TPSA) is 117 Å². The van der Waals surface area contributed by atoms with E-state index in [-0.39, 0.29) is 23.3 Å². The van der Waals surface area contributed by atoms with Crippen LogP contribution in [-0.2, 0) is 10.9 Å². The molecule has 0 spiro atoms. The number of nitrogens with two attached hydrogens (primary N) is 1. The molecule has 0 unspecified atom stereocenters. The highest BCUT2D eigenvalue weighted by molar-refractivity contribution is 6.05. The molecule has 0 bridgehead atoms. The van der Waals surface area contributed by atoms with Gasteiger partial charge in [0.05, 0.1) is 11.8 Å². The monoisotopic (exact) mass is 560 g/mol. The third kappa shape index (κ3) is 5.43. The van der Waals surface area contributed by atoms with Crippen molar-refractivity contribution in [1.29, 1.82) is 0 Å². The van der Waals surface area contributed by atoms with E-state index >= 15 is 8.78 Å². The molecule has 0 radical (unpaired) electrons. The third-order valence-corrected chi connectivity index (χ3v) is 6.23. The fourth-order valence-corrected chi connectivity index (χ4v) is 4.43. The van der Waals surface area contributed by atoms with Crippen molar-refractivity contribution < 1.29 is 36.2 Å². The van der Waals surface area contributed by atoms with Crippen LogP contribution in [-0.4, -0.2) is 38.9 Å². The molecule has 1 aliphatic rings. The van der Waals surface area contributed by atoms with Crippen LogP contribution in [0.2, 0.25) is 0 Å². The van der Waals surface area contributed by atoms with E-state index < -0.39 is 46.4 Å². The zero-order chi connectivity index (χ0) is 28.4. The van der Waals surface area contributed by atoms with Gasteiger partial charge in [-0.3, -0.25) is 4.79 Å². The summed E-state index contributed by atoms with van der Waals surface area (Å²) < 4.78 is 83.1. The number of carbonyl (C=O) groups is 1. The van der Waals surface area contributed by atoms with Crippen LogP contribution in [0.5, 0.6) is 11.5 Å². The van der Waals surface area contributed by atoms with Crippen LogP contribution < -0.4 is 15.8 Å². The molecule has 3 N–H and O–H groups in total. The minimum Gasteiger partial charge on any atom is -0.451 e. The van der Waals surface area contributed by atoms with Crippen LogP contribution in [0.4, 0.5) is 33.5 Å². The Bertz CT molecular complexity index is 1510. The fraction of sp³-hybridized carbons (Fsp3) is 0.231. The van der Waals surface area contributed by atoms with E-state index in [0.29, 0.717) is 42.5 Å². The molecular weight excluding hydrogens is 539 g/mol. The Hall–Kier alpha value is -4.59. The fourth-order valence-electron chi connectivity index (χ4n) is 4.43. The number of alkyl halides is 3. The third-order valence-electron chi connectivity index (χ3n) is 6.23. The summed E-state index contributed by atoms with van der Waals surface area (Å²) in [5.74, 6) is -4.50.